The summed E-state index contributed by atoms with van der Waals surface area (Å²) in [5, 5.41) is 0. The second-order valence-corrected chi connectivity index (χ2v) is 4.20. The van der Waals surface area contributed by atoms with Crippen LogP contribution in [0.15, 0.2) is 0 Å². The van der Waals surface area contributed by atoms with Crippen LogP contribution in [0.4, 0.5) is 0 Å². The van der Waals surface area contributed by atoms with E-state index in [9.17, 15) is 0 Å². The highest BCUT2D eigenvalue weighted by Crippen LogP contribution is 2.13. The number of hydrogen-bond donors (Lipinski definition) is 0. The zero-order chi connectivity index (χ0) is 11.6. The Labute approximate surface area is 98.2 Å². The van der Waals surface area contributed by atoms with Gasteiger partial charge in [-0.05, 0) is 33.1 Å². The topological polar surface area (TPSA) is 36.9 Å². The Hall–Kier alpha value is -0.160. The lowest BCUT2D eigenvalue weighted by atomic mass is 10.2. The Morgan fingerprint density at radius 3 is 2.62 bits per heavy atom. The van der Waals surface area contributed by atoms with E-state index < -0.39 is 0 Å². The molecule has 1 fully saturated rings. The Morgan fingerprint density at radius 2 is 1.94 bits per heavy atom. The van der Waals surface area contributed by atoms with Crippen LogP contribution in [0.5, 0.6) is 0 Å². The summed E-state index contributed by atoms with van der Waals surface area (Å²) >= 11 is 0. The van der Waals surface area contributed by atoms with Crippen molar-refractivity contribution in [3.8, 4) is 0 Å². The van der Waals surface area contributed by atoms with Gasteiger partial charge in [-0.3, -0.25) is 0 Å². The van der Waals surface area contributed by atoms with Gasteiger partial charge in [0.15, 0.2) is 6.29 Å². The maximum Gasteiger partial charge on any atom is 0.157 e. The van der Waals surface area contributed by atoms with Crippen molar-refractivity contribution in [2.45, 2.75) is 45.5 Å². The van der Waals surface area contributed by atoms with E-state index in [2.05, 4.69) is 0 Å². The van der Waals surface area contributed by atoms with Crippen LogP contribution in [0.2, 0.25) is 0 Å². The normalized spacial score (nSPS) is 21.6. The van der Waals surface area contributed by atoms with Crippen molar-refractivity contribution in [2.75, 3.05) is 33.0 Å². The minimum Gasteiger partial charge on any atom is -0.377 e. The van der Waals surface area contributed by atoms with Crippen molar-refractivity contribution >= 4 is 0 Å². The fourth-order valence-electron chi connectivity index (χ4n) is 1.53. The maximum atomic E-state index is 5.52. The molecular weight excluding hydrogens is 208 g/mol. The van der Waals surface area contributed by atoms with E-state index in [0.29, 0.717) is 26.4 Å². The van der Waals surface area contributed by atoms with Crippen molar-refractivity contribution in [1.82, 2.24) is 0 Å². The molecule has 0 aliphatic carbocycles. The van der Waals surface area contributed by atoms with Gasteiger partial charge < -0.3 is 18.9 Å². The highest BCUT2D eigenvalue weighted by molar-refractivity contribution is 4.53. The largest absolute Gasteiger partial charge is 0.377 e. The fraction of sp³-hybridized carbons (Fsp3) is 1.00. The Morgan fingerprint density at radius 1 is 1.12 bits per heavy atom. The standard InChI is InChI=1S/C12H24O4/c1-11(2)14-9-7-13-8-10-16-12-5-3-4-6-15-12/h11-12H,3-10H2,1-2H3. The Balaban J connectivity index is 1.80. The predicted octanol–water partition coefficient (Wildman–Crippen LogP) is 1.97. The average Bonchev–Trinajstić information content (AvgIpc) is 2.29. The van der Waals surface area contributed by atoms with Crippen molar-refractivity contribution in [1.29, 1.82) is 0 Å². The zero-order valence-electron chi connectivity index (χ0n) is 10.4. The first-order chi connectivity index (χ1) is 7.79. The van der Waals surface area contributed by atoms with Crippen LogP contribution in [-0.2, 0) is 18.9 Å². The van der Waals surface area contributed by atoms with Gasteiger partial charge in [0.05, 0.1) is 32.5 Å². The van der Waals surface area contributed by atoms with Gasteiger partial charge in [-0.2, -0.15) is 0 Å². The first-order valence-corrected chi connectivity index (χ1v) is 6.21. The molecule has 0 radical (unpaired) electrons. The molecule has 0 aromatic carbocycles. The molecule has 1 atom stereocenters. The number of rotatable bonds is 8. The van der Waals surface area contributed by atoms with Crippen LogP contribution in [-0.4, -0.2) is 45.4 Å². The Kier molecular flexibility index (Phi) is 7.76. The summed E-state index contributed by atoms with van der Waals surface area (Å²) in [6, 6.07) is 0. The fourth-order valence-corrected chi connectivity index (χ4v) is 1.53. The lowest BCUT2D eigenvalue weighted by molar-refractivity contribution is -0.169. The molecule has 1 aliphatic heterocycles. The zero-order valence-corrected chi connectivity index (χ0v) is 10.4. The summed E-state index contributed by atoms with van der Waals surface area (Å²) in [6.07, 6.45) is 3.63. The van der Waals surface area contributed by atoms with E-state index in [1.54, 1.807) is 0 Å². The molecule has 0 saturated carbocycles. The van der Waals surface area contributed by atoms with E-state index in [-0.39, 0.29) is 12.4 Å². The SMILES string of the molecule is CC(C)OCCOCCOC1CCCCO1. The molecule has 4 heteroatoms. The molecule has 0 N–H and O–H groups in total. The lowest BCUT2D eigenvalue weighted by Gasteiger charge is -2.22. The molecule has 0 aromatic heterocycles. The quantitative estimate of drug-likeness (QED) is 0.600. The van der Waals surface area contributed by atoms with E-state index in [0.717, 1.165) is 19.4 Å². The molecule has 0 amide bonds. The lowest BCUT2D eigenvalue weighted by Crippen LogP contribution is -2.24. The van der Waals surface area contributed by atoms with Crippen molar-refractivity contribution in [3.63, 3.8) is 0 Å². The van der Waals surface area contributed by atoms with E-state index >= 15 is 0 Å². The van der Waals surface area contributed by atoms with Gasteiger partial charge in [0.25, 0.3) is 0 Å². The molecule has 0 spiro atoms. The Bertz CT molecular complexity index is 155. The number of ether oxygens (including phenoxy) is 4. The van der Waals surface area contributed by atoms with Crippen LogP contribution in [0.1, 0.15) is 33.1 Å². The first kappa shape index (κ1) is 13.9. The molecule has 96 valence electrons. The highest BCUT2D eigenvalue weighted by atomic mass is 16.7. The molecular formula is C12H24O4. The summed E-state index contributed by atoms with van der Waals surface area (Å²) in [5.41, 5.74) is 0. The third-order valence-corrected chi connectivity index (χ3v) is 2.35. The molecule has 16 heavy (non-hydrogen) atoms. The molecule has 4 nitrogen and oxygen atoms in total. The third-order valence-electron chi connectivity index (χ3n) is 2.35. The summed E-state index contributed by atoms with van der Waals surface area (Å²) in [4.78, 5) is 0. The second kappa shape index (κ2) is 8.93. The molecule has 1 unspecified atom stereocenters. The first-order valence-electron chi connectivity index (χ1n) is 6.21. The molecule has 0 bridgehead atoms. The summed E-state index contributed by atoms with van der Waals surface area (Å²) in [5.74, 6) is 0. The predicted molar refractivity (Wildman–Crippen MR) is 61.5 cm³/mol. The maximum absolute atomic E-state index is 5.52. The van der Waals surface area contributed by atoms with Crippen molar-refractivity contribution in [2.24, 2.45) is 0 Å². The van der Waals surface area contributed by atoms with Crippen LogP contribution in [0.3, 0.4) is 0 Å². The van der Waals surface area contributed by atoms with E-state index in [1.807, 2.05) is 13.8 Å². The highest BCUT2D eigenvalue weighted by Gasteiger charge is 2.13. The minimum absolute atomic E-state index is 0.00994. The van der Waals surface area contributed by atoms with E-state index in [4.69, 9.17) is 18.9 Å². The van der Waals surface area contributed by atoms with Crippen LogP contribution in [0.25, 0.3) is 0 Å². The summed E-state index contributed by atoms with van der Waals surface area (Å²) < 4.78 is 21.7. The van der Waals surface area contributed by atoms with E-state index in [1.165, 1.54) is 6.42 Å². The van der Waals surface area contributed by atoms with Crippen LogP contribution >= 0.6 is 0 Å². The van der Waals surface area contributed by atoms with Gasteiger partial charge in [0.1, 0.15) is 0 Å². The van der Waals surface area contributed by atoms with Gasteiger partial charge in [-0.15, -0.1) is 0 Å². The van der Waals surface area contributed by atoms with Crippen LogP contribution in [0, 0.1) is 0 Å². The van der Waals surface area contributed by atoms with Gasteiger partial charge in [0.2, 0.25) is 0 Å². The van der Waals surface area contributed by atoms with Gasteiger partial charge >= 0.3 is 0 Å². The summed E-state index contributed by atoms with van der Waals surface area (Å²) in [7, 11) is 0. The molecule has 1 aliphatic rings. The van der Waals surface area contributed by atoms with Gasteiger partial charge in [0, 0.05) is 6.61 Å². The van der Waals surface area contributed by atoms with Crippen molar-refractivity contribution in [3.05, 3.63) is 0 Å². The van der Waals surface area contributed by atoms with Gasteiger partial charge in [-0.1, -0.05) is 0 Å². The van der Waals surface area contributed by atoms with Crippen molar-refractivity contribution < 1.29 is 18.9 Å². The third kappa shape index (κ3) is 7.17. The molecule has 0 aromatic rings. The smallest absolute Gasteiger partial charge is 0.157 e. The van der Waals surface area contributed by atoms with Crippen LogP contribution < -0.4 is 0 Å². The minimum atomic E-state index is -0.00994. The van der Waals surface area contributed by atoms with Gasteiger partial charge in [-0.25, -0.2) is 0 Å². The monoisotopic (exact) mass is 232 g/mol. The molecule has 1 heterocycles. The summed E-state index contributed by atoms with van der Waals surface area (Å²) in [6.45, 7) is 7.36. The second-order valence-electron chi connectivity index (χ2n) is 4.20. The molecule has 1 rings (SSSR count). The molecule has 1 saturated heterocycles. The number of hydrogen-bond acceptors (Lipinski definition) is 4. The average molecular weight is 232 g/mol.